The normalized spacial score (nSPS) is 12.0. The Hall–Kier alpha value is -0.0231. The lowest BCUT2D eigenvalue weighted by Crippen LogP contribution is -2.48. The maximum atomic E-state index is 6.10. The Balaban J connectivity index is 4.26. The molecule has 0 amide bonds. The van der Waals surface area contributed by atoms with Crippen LogP contribution in [0.15, 0.2) is 0 Å². The van der Waals surface area contributed by atoms with Crippen LogP contribution in [0.4, 0.5) is 0 Å². The summed E-state index contributed by atoms with van der Waals surface area (Å²) < 4.78 is 33.7. The molecule has 0 saturated carbocycles. The summed E-state index contributed by atoms with van der Waals surface area (Å²) >= 11 is 0. The monoisotopic (exact) mass is 422 g/mol. The second-order valence-corrected chi connectivity index (χ2v) is 9.87. The third kappa shape index (κ3) is 16.9. The molecule has 0 N–H and O–H groups in total. The molecule has 6 nitrogen and oxygen atoms in total. The first-order valence-corrected chi connectivity index (χ1v) is 13.1. The van der Waals surface area contributed by atoms with Gasteiger partial charge >= 0.3 is 8.80 Å². The third-order valence-electron chi connectivity index (χ3n) is 4.66. The Labute approximate surface area is 174 Å². The molecule has 0 rings (SSSR count). The van der Waals surface area contributed by atoms with Crippen molar-refractivity contribution in [3.63, 3.8) is 0 Å². The van der Waals surface area contributed by atoms with Crippen molar-refractivity contribution >= 4 is 8.80 Å². The van der Waals surface area contributed by atoms with Crippen LogP contribution in [0.1, 0.15) is 71.1 Å². The second kappa shape index (κ2) is 21.7. The molecule has 0 fully saturated rings. The molecule has 170 valence electrons. The molecule has 0 heterocycles. The molecule has 0 aromatic rings. The van der Waals surface area contributed by atoms with Crippen LogP contribution in [0, 0.1) is 0 Å². The largest absolute Gasteiger partial charge is 0.501 e. The topological polar surface area (TPSA) is 55.4 Å². The summed E-state index contributed by atoms with van der Waals surface area (Å²) in [6.45, 7) is 5.33. The predicted molar refractivity (Wildman–Crippen MR) is 116 cm³/mol. The predicted octanol–water partition coefficient (Wildman–Crippen LogP) is 4.84. The van der Waals surface area contributed by atoms with E-state index in [-0.39, 0.29) is 0 Å². The van der Waals surface area contributed by atoms with Gasteiger partial charge in [0.15, 0.2) is 0 Å². The van der Waals surface area contributed by atoms with Crippen LogP contribution in [0.5, 0.6) is 0 Å². The zero-order valence-corrected chi connectivity index (χ0v) is 20.0. The van der Waals surface area contributed by atoms with Crippen molar-refractivity contribution in [2.45, 2.75) is 77.2 Å². The maximum Gasteiger partial charge on any atom is 0.501 e. The summed E-state index contributed by atoms with van der Waals surface area (Å²) in [4.78, 5) is 0. The summed E-state index contributed by atoms with van der Waals surface area (Å²) in [5.74, 6) is 0. The Morgan fingerprint density at radius 1 is 0.464 bits per heavy atom. The molecule has 0 radical (unpaired) electrons. The average Bonchev–Trinajstić information content (AvgIpc) is 2.70. The zero-order chi connectivity index (χ0) is 20.8. The quantitative estimate of drug-likeness (QED) is 0.174. The van der Waals surface area contributed by atoms with Gasteiger partial charge in [0.1, 0.15) is 0 Å². The van der Waals surface area contributed by atoms with Crippen LogP contribution in [0.25, 0.3) is 0 Å². The van der Waals surface area contributed by atoms with Gasteiger partial charge < -0.3 is 27.5 Å². The molecule has 0 aliphatic heterocycles. The Morgan fingerprint density at radius 3 is 1.18 bits per heavy atom. The fourth-order valence-corrected chi connectivity index (χ4v) is 5.56. The van der Waals surface area contributed by atoms with Crippen LogP contribution in [-0.4, -0.2) is 69.8 Å². The fourth-order valence-electron chi connectivity index (χ4n) is 3.01. The summed E-state index contributed by atoms with van der Waals surface area (Å²) in [5, 5.41) is 0. The molecule has 0 spiro atoms. The van der Waals surface area contributed by atoms with E-state index >= 15 is 0 Å². The average molecular weight is 423 g/mol. The van der Waals surface area contributed by atoms with Gasteiger partial charge in [-0.2, -0.15) is 0 Å². The lowest BCUT2D eigenvalue weighted by atomic mass is 10.1. The van der Waals surface area contributed by atoms with E-state index in [1.165, 1.54) is 57.8 Å². The summed E-state index contributed by atoms with van der Waals surface area (Å²) in [6, 6.07) is 0.834. The number of methoxy groups -OCH3 is 3. The summed E-state index contributed by atoms with van der Waals surface area (Å²) in [5.41, 5.74) is 0. The van der Waals surface area contributed by atoms with Crippen LogP contribution >= 0.6 is 0 Å². The van der Waals surface area contributed by atoms with Gasteiger partial charge in [0.2, 0.25) is 0 Å². The second-order valence-electron chi connectivity index (χ2n) is 7.14. The van der Waals surface area contributed by atoms with Crippen LogP contribution in [-0.2, 0) is 27.5 Å². The molecule has 0 bridgehead atoms. The maximum absolute atomic E-state index is 6.10. The van der Waals surface area contributed by atoms with E-state index in [4.69, 9.17) is 27.5 Å². The van der Waals surface area contributed by atoms with Crippen LogP contribution in [0.3, 0.4) is 0 Å². The molecule has 0 aliphatic carbocycles. The van der Waals surface area contributed by atoms with Crippen molar-refractivity contribution in [2.24, 2.45) is 0 Å². The van der Waals surface area contributed by atoms with Crippen LogP contribution < -0.4 is 0 Å². The highest BCUT2D eigenvalue weighted by Crippen LogP contribution is 2.21. The minimum atomic E-state index is -2.74. The first-order chi connectivity index (χ1) is 13.7. The number of ether oxygens (including phenoxy) is 3. The SMILES string of the molecule is CCCCCCCCCCCC[Si](OCCOC)(OCCOC)OCCOC. The first kappa shape index (κ1) is 28.0. The molecule has 0 atom stereocenters. The van der Waals surface area contributed by atoms with E-state index < -0.39 is 8.80 Å². The minimum Gasteiger partial charge on any atom is -0.382 e. The van der Waals surface area contributed by atoms with E-state index in [2.05, 4.69) is 6.92 Å². The van der Waals surface area contributed by atoms with E-state index in [1.807, 2.05) is 0 Å². The number of hydrogen-bond donors (Lipinski definition) is 0. The number of hydrogen-bond acceptors (Lipinski definition) is 6. The molecular weight excluding hydrogens is 376 g/mol. The standard InChI is InChI=1S/C21H46O6Si/c1-5-6-7-8-9-10-11-12-13-14-21-28(25-18-15-22-2,26-19-16-23-3)27-20-17-24-4/h5-21H2,1-4H3. The van der Waals surface area contributed by atoms with Gasteiger partial charge in [-0.05, 0) is 6.42 Å². The lowest BCUT2D eigenvalue weighted by molar-refractivity contribution is 0.0142. The molecule has 0 aliphatic rings. The fraction of sp³-hybridized carbons (Fsp3) is 1.00. The van der Waals surface area contributed by atoms with Crippen molar-refractivity contribution in [1.29, 1.82) is 0 Å². The molecule has 0 unspecified atom stereocenters. The third-order valence-corrected chi connectivity index (χ3v) is 7.56. The zero-order valence-electron chi connectivity index (χ0n) is 19.0. The Kier molecular flexibility index (Phi) is 21.7. The highest BCUT2D eigenvalue weighted by Gasteiger charge is 2.40. The van der Waals surface area contributed by atoms with E-state index in [0.29, 0.717) is 39.6 Å². The Bertz CT molecular complexity index is 280. The van der Waals surface area contributed by atoms with E-state index in [0.717, 1.165) is 12.5 Å². The molecular formula is C21H46O6Si. The molecule has 28 heavy (non-hydrogen) atoms. The van der Waals surface area contributed by atoms with Gasteiger partial charge in [-0.25, -0.2) is 0 Å². The van der Waals surface area contributed by atoms with Gasteiger partial charge in [0, 0.05) is 27.4 Å². The van der Waals surface area contributed by atoms with Crippen molar-refractivity contribution in [1.82, 2.24) is 0 Å². The molecule has 0 saturated heterocycles. The van der Waals surface area contributed by atoms with Crippen LogP contribution in [0.2, 0.25) is 6.04 Å². The van der Waals surface area contributed by atoms with Gasteiger partial charge in [0.05, 0.1) is 39.6 Å². The van der Waals surface area contributed by atoms with Crippen molar-refractivity contribution in [2.75, 3.05) is 61.0 Å². The van der Waals surface area contributed by atoms with E-state index in [9.17, 15) is 0 Å². The highest BCUT2D eigenvalue weighted by molar-refractivity contribution is 6.60. The lowest BCUT2D eigenvalue weighted by Gasteiger charge is -2.29. The summed E-state index contributed by atoms with van der Waals surface area (Å²) in [7, 11) is 2.28. The smallest absolute Gasteiger partial charge is 0.382 e. The van der Waals surface area contributed by atoms with Crippen molar-refractivity contribution in [3.8, 4) is 0 Å². The molecule has 0 aromatic heterocycles. The number of rotatable bonds is 23. The van der Waals surface area contributed by atoms with Gasteiger partial charge in [-0.15, -0.1) is 0 Å². The van der Waals surface area contributed by atoms with E-state index in [1.54, 1.807) is 21.3 Å². The number of unbranched alkanes of at least 4 members (excludes halogenated alkanes) is 9. The van der Waals surface area contributed by atoms with Crippen molar-refractivity contribution in [3.05, 3.63) is 0 Å². The minimum absolute atomic E-state index is 0.487. The Morgan fingerprint density at radius 2 is 0.821 bits per heavy atom. The first-order valence-electron chi connectivity index (χ1n) is 11.1. The van der Waals surface area contributed by atoms with Gasteiger partial charge in [0.25, 0.3) is 0 Å². The van der Waals surface area contributed by atoms with Crippen molar-refractivity contribution < 1.29 is 27.5 Å². The van der Waals surface area contributed by atoms with Gasteiger partial charge in [-0.3, -0.25) is 0 Å². The van der Waals surface area contributed by atoms with Gasteiger partial charge in [-0.1, -0.05) is 64.7 Å². The summed E-state index contributed by atoms with van der Waals surface area (Å²) in [6.07, 6.45) is 13.0. The molecule has 7 heteroatoms. The molecule has 0 aromatic carbocycles. The highest BCUT2D eigenvalue weighted by atomic mass is 28.4.